The van der Waals surface area contributed by atoms with Crippen molar-refractivity contribution in [3.05, 3.63) is 108 Å². The van der Waals surface area contributed by atoms with Crippen LogP contribution < -0.4 is 10.1 Å². The number of amides is 1. The molecule has 150 valence electrons. The number of rotatable bonds is 7. The van der Waals surface area contributed by atoms with E-state index in [0.29, 0.717) is 24.5 Å². The molecule has 0 atom stereocenters. The molecule has 4 rings (SSSR count). The molecule has 0 saturated carbocycles. The van der Waals surface area contributed by atoms with Gasteiger partial charge in [0.15, 0.2) is 0 Å². The van der Waals surface area contributed by atoms with E-state index in [4.69, 9.17) is 4.74 Å². The van der Waals surface area contributed by atoms with Crippen molar-refractivity contribution in [3.63, 3.8) is 0 Å². The zero-order chi connectivity index (χ0) is 20.8. The zero-order valence-electron chi connectivity index (χ0n) is 16.1. The Balaban J connectivity index is 1.30. The summed E-state index contributed by atoms with van der Waals surface area (Å²) >= 11 is 0. The standard InChI is InChI=1S/C24H20FN3O2/c25-20-10-8-19(9-11-20)22-14-23(28-27-22)24(29)26-15-17-6-12-21(13-7-17)30-16-18-4-2-1-3-5-18/h1-14H,15-16H2,(H,26,29)(H,27,28). The van der Waals surface area contributed by atoms with E-state index in [1.807, 2.05) is 54.6 Å². The predicted molar refractivity (Wildman–Crippen MR) is 112 cm³/mol. The fourth-order valence-electron chi connectivity index (χ4n) is 2.93. The number of carbonyl (C=O) groups excluding carboxylic acids is 1. The topological polar surface area (TPSA) is 67.0 Å². The highest BCUT2D eigenvalue weighted by Gasteiger charge is 2.11. The Hall–Kier alpha value is -3.93. The normalized spacial score (nSPS) is 10.6. The highest BCUT2D eigenvalue weighted by atomic mass is 19.1. The monoisotopic (exact) mass is 401 g/mol. The van der Waals surface area contributed by atoms with Crippen LogP contribution in [0.4, 0.5) is 4.39 Å². The lowest BCUT2D eigenvalue weighted by Gasteiger charge is -2.08. The average Bonchev–Trinajstić information content (AvgIpc) is 3.28. The smallest absolute Gasteiger partial charge is 0.269 e. The summed E-state index contributed by atoms with van der Waals surface area (Å²) < 4.78 is 18.8. The second kappa shape index (κ2) is 9.05. The lowest BCUT2D eigenvalue weighted by Crippen LogP contribution is -2.23. The van der Waals surface area contributed by atoms with E-state index in [9.17, 15) is 9.18 Å². The molecule has 0 aliphatic rings. The van der Waals surface area contributed by atoms with Crippen molar-refractivity contribution in [1.29, 1.82) is 0 Å². The summed E-state index contributed by atoms with van der Waals surface area (Å²) in [6.07, 6.45) is 0. The summed E-state index contributed by atoms with van der Waals surface area (Å²) in [7, 11) is 0. The third-order valence-corrected chi connectivity index (χ3v) is 4.59. The number of hydrogen-bond donors (Lipinski definition) is 2. The van der Waals surface area contributed by atoms with Crippen molar-refractivity contribution < 1.29 is 13.9 Å². The van der Waals surface area contributed by atoms with E-state index in [1.54, 1.807) is 18.2 Å². The van der Waals surface area contributed by atoms with Crippen LogP contribution >= 0.6 is 0 Å². The molecule has 6 heteroatoms. The first-order chi connectivity index (χ1) is 14.7. The van der Waals surface area contributed by atoms with Crippen molar-refractivity contribution >= 4 is 5.91 Å². The Morgan fingerprint density at radius 2 is 1.67 bits per heavy atom. The van der Waals surface area contributed by atoms with Gasteiger partial charge in [-0.1, -0.05) is 42.5 Å². The van der Waals surface area contributed by atoms with Crippen LogP contribution in [0.1, 0.15) is 21.6 Å². The Kier molecular flexibility index (Phi) is 5.85. The van der Waals surface area contributed by atoms with Gasteiger partial charge in [0.25, 0.3) is 5.91 Å². The molecule has 2 N–H and O–H groups in total. The largest absolute Gasteiger partial charge is 0.489 e. The van der Waals surface area contributed by atoms with Gasteiger partial charge in [-0.05, 0) is 53.6 Å². The molecular weight excluding hydrogens is 381 g/mol. The van der Waals surface area contributed by atoms with Gasteiger partial charge in [-0.3, -0.25) is 9.89 Å². The van der Waals surface area contributed by atoms with Crippen LogP contribution in [-0.4, -0.2) is 16.1 Å². The van der Waals surface area contributed by atoms with Gasteiger partial charge in [0.1, 0.15) is 23.9 Å². The van der Waals surface area contributed by atoms with E-state index >= 15 is 0 Å². The number of carbonyl (C=O) groups is 1. The Labute approximate surface area is 173 Å². The first kappa shape index (κ1) is 19.4. The molecule has 4 aromatic rings. The molecule has 1 aromatic heterocycles. The van der Waals surface area contributed by atoms with Crippen LogP contribution in [0.2, 0.25) is 0 Å². The van der Waals surface area contributed by atoms with E-state index in [2.05, 4.69) is 15.5 Å². The van der Waals surface area contributed by atoms with Gasteiger partial charge in [0.05, 0.1) is 5.69 Å². The Morgan fingerprint density at radius 3 is 2.40 bits per heavy atom. The quantitative estimate of drug-likeness (QED) is 0.471. The minimum absolute atomic E-state index is 0.264. The van der Waals surface area contributed by atoms with E-state index in [1.165, 1.54) is 12.1 Å². The second-order valence-electron chi connectivity index (χ2n) is 6.77. The van der Waals surface area contributed by atoms with Crippen molar-refractivity contribution in [3.8, 4) is 17.0 Å². The van der Waals surface area contributed by atoms with Crippen LogP contribution in [0.3, 0.4) is 0 Å². The fourth-order valence-corrected chi connectivity index (χ4v) is 2.93. The molecule has 1 heterocycles. The fraction of sp³-hybridized carbons (Fsp3) is 0.0833. The van der Waals surface area contributed by atoms with Crippen LogP contribution in [-0.2, 0) is 13.2 Å². The number of aromatic nitrogens is 2. The maximum absolute atomic E-state index is 13.0. The van der Waals surface area contributed by atoms with Gasteiger partial charge >= 0.3 is 0 Å². The molecule has 3 aromatic carbocycles. The summed E-state index contributed by atoms with van der Waals surface area (Å²) in [6.45, 7) is 0.885. The van der Waals surface area contributed by atoms with Gasteiger partial charge in [0, 0.05) is 12.1 Å². The third kappa shape index (κ3) is 4.91. The highest BCUT2D eigenvalue weighted by Crippen LogP contribution is 2.18. The summed E-state index contributed by atoms with van der Waals surface area (Å²) in [5.41, 5.74) is 3.72. The molecule has 0 unspecified atom stereocenters. The van der Waals surface area contributed by atoms with Gasteiger partial charge in [0.2, 0.25) is 0 Å². The third-order valence-electron chi connectivity index (χ3n) is 4.59. The minimum Gasteiger partial charge on any atom is -0.489 e. The summed E-state index contributed by atoms with van der Waals surface area (Å²) in [4.78, 5) is 12.4. The molecule has 0 spiro atoms. The van der Waals surface area contributed by atoms with Crippen LogP contribution in [0, 0.1) is 5.82 Å². The lowest BCUT2D eigenvalue weighted by atomic mass is 10.1. The maximum atomic E-state index is 13.0. The summed E-state index contributed by atoms with van der Waals surface area (Å²) in [5, 5.41) is 9.70. The molecule has 0 fully saturated rings. The number of halogens is 1. The summed E-state index contributed by atoms with van der Waals surface area (Å²) in [6, 6.07) is 25.1. The van der Waals surface area contributed by atoms with Crippen LogP contribution in [0.5, 0.6) is 5.75 Å². The zero-order valence-corrected chi connectivity index (χ0v) is 16.1. The van der Waals surface area contributed by atoms with E-state index in [0.717, 1.165) is 22.4 Å². The molecule has 1 amide bonds. The lowest BCUT2D eigenvalue weighted by molar-refractivity contribution is 0.0946. The average molecular weight is 401 g/mol. The van der Waals surface area contributed by atoms with Gasteiger partial charge in [-0.15, -0.1) is 0 Å². The second-order valence-corrected chi connectivity index (χ2v) is 6.77. The predicted octanol–water partition coefficient (Wildman–Crippen LogP) is 4.72. The van der Waals surface area contributed by atoms with Crippen molar-refractivity contribution in [2.45, 2.75) is 13.2 Å². The number of benzene rings is 3. The molecular formula is C24H20FN3O2. The van der Waals surface area contributed by atoms with Crippen LogP contribution in [0.25, 0.3) is 11.3 Å². The highest BCUT2D eigenvalue weighted by molar-refractivity contribution is 5.93. The number of H-pyrrole nitrogens is 1. The molecule has 0 aliphatic carbocycles. The molecule has 30 heavy (non-hydrogen) atoms. The van der Waals surface area contributed by atoms with Gasteiger partial charge < -0.3 is 10.1 Å². The first-order valence-corrected chi connectivity index (χ1v) is 9.52. The number of hydrogen-bond acceptors (Lipinski definition) is 3. The van der Waals surface area contributed by atoms with Gasteiger partial charge in [-0.2, -0.15) is 5.10 Å². The summed E-state index contributed by atoms with van der Waals surface area (Å²) in [5.74, 6) is 0.190. The van der Waals surface area contributed by atoms with Crippen molar-refractivity contribution in [2.24, 2.45) is 0 Å². The Bertz CT molecular complexity index is 1110. The Morgan fingerprint density at radius 1 is 0.933 bits per heavy atom. The van der Waals surface area contributed by atoms with E-state index in [-0.39, 0.29) is 11.7 Å². The molecule has 0 radical (unpaired) electrons. The maximum Gasteiger partial charge on any atom is 0.269 e. The van der Waals surface area contributed by atoms with Gasteiger partial charge in [-0.25, -0.2) is 4.39 Å². The van der Waals surface area contributed by atoms with Crippen LogP contribution in [0.15, 0.2) is 84.9 Å². The van der Waals surface area contributed by atoms with Crippen molar-refractivity contribution in [2.75, 3.05) is 0 Å². The molecule has 0 bridgehead atoms. The van der Waals surface area contributed by atoms with E-state index < -0.39 is 0 Å². The number of nitrogens with one attached hydrogen (secondary N) is 2. The number of aromatic amines is 1. The SMILES string of the molecule is O=C(NCc1ccc(OCc2ccccc2)cc1)c1cc(-c2ccc(F)cc2)n[nH]1. The number of ether oxygens (including phenoxy) is 1. The molecule has 0 aliphatic heterocycles. The molecule has 0 saturated heterocycles. The number of nitrogens with zero attached hydrogens (tertiary/aromatic N) is 1. The first-order valence-electron chi connectivity index (χ1n) is 9.52. The minimum atomic E-state index is -0.316. The molecule has 5 nitrogen and oxygen atoms in total. The van der Waals surface area contributed by atoms with Crippen molar-refractivity contribution in [1.82, 2.24) is 15.5 Å².